The van der Waals surface area contributed by atoms with Gasteiger partial charge in [-0.05, 0) is 79.4 Å². The molecule has 4 nitrogen and oxygen atoms in total. The zero-order valence-electron chi connectivity index (χ0n) is 18.0. The Labute approximate surface area is 185 Å². The van der Waals surface area contributed by atoms with Gasteiger partial charge in [0.15, 0.2) is 9.84 Å². The second kappa shape index (κ2) is 9.67. The third-order valence-electron chi connectivity index (χ3n) is 5.60. The number of nitrogens with zero attached hydrogens (tertiary/aromatic N) is 1. The first-order valence-electron chi connectivity index (χ1n) is 10.8. The van der Waals surface area contributed by atoms with Crippen LogP contribution in [-0.4, -0.2) is 26.4 Å². The van der Waals surface area contributed by atoms with Gasteiger partial charge < -0.3 is 4.74 Å². The van der Waals surface area contributed by atoms with Crippen molar-refractivity contribution in [3.63, 3.8) is 0 Å². The molecule has 0 spiro atoms. The zero-order chi connectivity index (χ0) is 21.7. The van der Waals surface area contributed by atoms with Gasteiger partial charge in [-0.15, -0.1) is 0 Å². The van der Waals surface area contributed by atoms with E-state index in [9.17, 15) is 8.42 Å². The molecule has 0 unspecified atom stereocenters. The molecule has 31 heavy (non-hydrogen) atoms. The van der Waals surface area contributed by atoms with Crippen LogP contribution in [0.1, 0.15) is 35.1 Å². The first-order chi connectivity index (χ1) is 15.0. The van der Waals surface area contributed by atoms with Crippen LogP contribution >= 0.6 is 0 Å². The predicted molar refractivity (Wildman–Crippen MR) is 124 cm³/mol. The molecule has 1 saturated heterocycles. The summed E-state index contributed by atoms with van der Waals surface area (Å²) in [7, 11) is -3.39. The second-order valence-corrected chi connectivity index (χ2v) is 10.3. The van der Waals surface area contributed by atoms with Gasteiger partial charge in [0.2, 0.25) is 0 Å². The minimum atomic E-state index is -3.39. The maximum absolute atomic E-state index is 12.7. The quantitative estimate of drug-likeness (QED) is 0.491. The number of aryl methyl sites for hydroxylation is 1. The van der Waals surface area contributed by atoms with Gasteiger partial charge in [0, 0.05) is 6.54 Å². The molecule has 0 bridgehead atoms. The van der Waals surface area contributed by atoms with Gasteiger partial charge in [-0.1, -0.05) is 48.5 Å². The van der Waals surface area contributed by atoms with Gasteiger partial charge >= 0.3 is 0 Å². The molecular weight excluding hydrogens is 406 g/mol. The molecule has 4 rings (SSSR count). The molecule has 0 aromatic heterocycles. The number of sulfone groups is 1. The maximum atomic E-state index is 12.7. The molecule has 5 heteroatoms. The summed E-state index contributed by atoms with van der Waals surface area (Å²) < 4.78 is 31.4. The highest BCUT2D eigenvalue weighted by molar-refractivity contribution is 7.90. The number of ether oxygens (including phenoxy) is 1. The Morgan fingerprint density at radius 3 is 2.23 bits per heavy atom. The van der Waals surface area contributed by atoms with Crippen LogP contribution < -0.4 is 4.74 Å². The molecule has 162 valence electrons. The lowest BCUT2D eigenvalue weighted by Crippen LogP contribution is -2.18. The van der Waals surface area contributed by atoms with Gasteiger partial charge in [-0.25, -0.2) is 8.42 Å². The summed E-state index contributed by atoms with van der Waals surface area (Å²) in [6, 6.07) is 22.8. The van der Waals surface area contributed by atoms with Crippen molar-refractivity contribution in [2.24, 2.45) is 0 Å². The van der Waals surface area contributed by atoms with Crippen LogP contribution in [0.2, 0.25) is 0 Å². The van der Waals surface area contributed by atoms with E-state index in [1.807, 2.05) is 31.2 Å². The minimum absolute atomic E-state index is 0.0414. The van der Waals surface area contributed by atoms with Crippen LogP contribution in [0, 0.1) is 6.92 Å². The van der Waals surface area contributed by atoms with Crippen molar-refractivity contribution in [2.45, 2.75) is 43.6 Å². The van der Waals surface area contributed by atoms with Crippen molar-refractivity contribution in [3.8, 4) is 5.75 Å². The standard InChI is InChI=1S/C26H29NO3S/c1-21-15-24(20-31(28,29)26-7-3-2-4-8-26)17-25(16-21)30-19-23-11-9-22(10-12-23)18-27-13-5-6-14-27/h2-4,7-12,15-17H,5-6,13-14,18-20H2,1H3. The van der Waals surface area contributed by atoms with Gasteiger partial charge in [0.1, 0.15) is 12.4 Å². The Kier molecular flexibility index (Phi) is 6.73. The highest BCUT2D eigenvalue weighted by atomic mass is 32.2. The summed E-state index contributed by atoms with van der Waals surface area (Å²) in [6.45, 7) is 5.82. The van der Waals surface area contributed by atoms with Crippen molar-refractivity contribution < 1.29 is 13.2 Å². The SMILES string of the molecule is Cc1cc(CS(=O)(=O)c2ccccc2)cc(OCc2ccc(CN3CCCC3)cc2)c1. The fourth-order valence-electron chi connectivity index (χ4n) is 4.03. The number of likely N-dealkylation sites (tertiary alicyclic amines) is 1. The molecule has 1 aliphatic heterocycles. The lowest BCUT2D eigenvalue weighted by molar-refractivity contribution is 0.305. The summed E-state index contributed by atoms with van der Waals surface area (Å²) in [5.74, 6) is 0.652. The molecule has 0 atom stereocenters. The van der Waals surface area contributed by atoms with E-state index < -0.39 is 9.84 Å². The highest BCUT2D eigenvalue weighted by Crippen LogP contribution is 2.23. The van der Waals surface area contributed by atoms with Crippen molar-refractivity contribution in [1.82, 2.24) is 4.90 Å². The van der Waals surface area contributed by atoms with E-state index in [1.54, 1.807) is 24.3 Å². The normalized spacial score (nSPS) is 14.6. The number of hydrogen-bond donors (Lipinski definition) is 0. The lowest BCUT2D eigenvalue weighted by Gasteiger charge is -2.15. The summed E-state index contributed by atoms with van der Waals surface area (Å²) in [4.78, 5) is 2.83. The molecule has 0 amide bonds. The van der Waals surface area contributed by atoms with Crippen molar-refractivity contribution >= 4 is 9.84 Å². The third-order valence-corrected chi connectivity index (χ3v) is 7.31. The number of rotatable bonds is 8. The molecule has 1 heterocycles. The van der Waals surface area contributed by atoms with Crippen LogP contribution in [0.3, 0.4) is 0 Å². The Bertz CT molecular complexity index is 1100. The van der Waals surface area contributed by atoms with Crippen molar-refractivity contribution in [2.75, 3.05) is 13.1 Å². The fraction of sp³-hybridized carbons (Fsp3) is 0.308. The van der Waals surface area contributed by atoms with E-state index in [1.165, 1.54) is 31.5 Å². The van der Waals surface area contributed by atoms with E-state index in [2.05, 4.69) is 29.2 Å². The summed E-state index contributed by atoms with van der Waals surface area (Å²) >= 11 is 0. The van der Waals surface area contributed by atoms with Crippen LogP contribution in [0.25, 0.3) is 0 Å². The Hall–Kier alpha value is -2.63. The molecule has 0 aliphatic carbocycles. The molecule has 3 aromatic rings. The first kappa shape index (κ1) is 21.6. The zero-order valence-corrected chi connectivity index (χ0v) is 18.8. The van der Waals surface area contributed by atoms with Gasteiger partial charge in [-0.3, -0.25) is 4.90 Å². The van der Waals surface area contributed by atoms with Crippen LogP contribution in [-0.2, 0) is 28.7 Å². The first-order valence-corrected chi connectivity index (χ1v) is 12.4. The van der Waals surface area contributed by atoms with Gasteiger partial charge in [0.05, 0.1) is 10.6 Å². The van der Waals surface area contributed by atoms with E-state index in [0.717, 1.165) is 23.2 Å². The average Bonchev–Trinajstić information content (AvgIpc) is 3.26. The van der Waals surface area contributed by atoms with Gasteiger partial charge in [0.25, 0.3) is 0 Å². The second-order valence-electron chi connectivity index (χ2n) is 8.31. The molecule has 0 radical (unpaired) electrons. The van der Waals surface area contributed by atoms with Crippen LogP contribution in [0.5, 0.6) is 5.75 Å². The average molecular weight is 436 g/mol. The van der Waals surface area contributed by atoms with E-state index in [0.29, 0.717) is 17.3 Å². The Balaban J connectivity index is 1.39. The van der Waals surface area contributed by atoms with E-state index >= 15 is 0 Å². The van der Waals surface area contributed by atoms with E-state index in [4.69, 9.17) is 4.74 Å². The van der Waals surface area contributed by atoms with Crippen LogP contribution in [0.15, 0.2) is 77.7 Å². The van der Waals surface area contributed by atoms with Crippen LogP contribution in [0.4, 0.5) is 0 Å². The molecule has 0 saturated carbocycles. The topological polar surface area (TPSA) is 46.6 Å². The molecule has 0 N–H and O–H groups in total. The number of benzene rings is 3. The monoisotopic (exact) mass is 435 g/mol. The third kappa shape index (κ3) is 5.96. The Morgan fingerprint density at radius 1 is 0.839 bits per heavy atom. The smallest absolute Gasteiger partial charge is 0.182 e. The fourth-order valence-corrected chi connectivity index (χ4v) is 5.37. The van der Waals surface area contributed by atoms with Crippen molar-refractivity contribution in [3.05, 3.63) is 95.1 Å². The largest absolute Gasteiger partial charge is 0.489 e. The Morgan fingerprint density at radius 2 is 1.52 bits per heavy atom. The lowest BCUT2D eigenvalue weighted by atomic mass is 10.1. The molecule has 3 aromatic carbocycles. The summed E-state index contributed by atoms with van der Waals surface area (Å²) in [5, 5.41) is 0. The van der Waals surface area contributed by atoms with Crippen molar-refractivity contribution in [1.29, 1.82) is 0 Å². The number of hydrogen-bond acceptors (Lipinski definition) is 4. The highest BCUT2D eigenvalue weighted by Gasteiger charge is 2.16. The molecule has 1 aliphatic rings. The molecule has 1 fully saturated rings. The molecular formula is C26H29NO3S. The van der Waals surface area contributed by atoms with Gasteiger partial charge in [-0.2, -0.15) is 0 Å². The van der Waals surface area contributed by atoms with E-state index in [-0.39, 0.29) is 5.75 Å². The summed E-state index contributed by atoms with van der Waals surface area (Å²) in [5.41, 5.74) is 4.15. The summed E-state index contributed by atoms with van der Waals surface area (Å²) in [6.07, 6.45) is 2.61. The maximum Gasteiger partial charge on any atom is 0.182 e. The predicted octanol–water partition coefficient (Wildman–Crippen LogP) is 5.14. The minimum Gasteiger partial charge on any atom is -0.489 e.